The molecule has 0 fully saturated rings. The van der Waals surface area contributed by atoms with Crippen LogP contribution in [0.2, 0.25) is 0 Å². The van der Waals surface area contributed by atoms with Gasteiger partial charge in [-0.15, -0.1) is 0 Å². The number of nitrogens with zero attached hydrogens (tertiary/aromatic N) is 1. The molecule has 0 radical (unpaired) electrons. The first-order chi connectivity index (χ1) is 9.56. The summed E-state index contributed by atoms with van der Waals surface area (Å²) in [6, 6.07) is 3.78. The van der Waals surface area contributed by atoms with E-state index in [1.165, 1.54) is 0 Å². The van der Waals surface area contributed by atoms with Crippen LogP contribution < -0.4 is 9.47 Å². The summed E-state index contributed by atoms with van der Waals surface area (Å²) < 4.78 is 10.8. The van der Waals surface area contributed by atoms with E-state index in [1.807, 2.05) is 12.1 Å². The third-order valence-electron chi connectivity index (χ3n) is 3.88. The topological polar surface area (TPSA) is 41.9 Å². The number of ether oxygens (including phenoxy) is 2. The smallest absolute Gasteiger partial charge is 0.125 e. The monoisotopic (exact) mass is 279 g/mol. The summed E-state index contributed by atoms with van der Waals surface area (Å²) in [6.45, 7) is 6.90. The van der Waals surface area contributed by atoms with Crippen LogP contribution in [-0.4, -0.2) is 37.3 Å². The van der Waals surface area contributed by atoms with Gasteiger partial charge in [-0.1, -0.05) is 13.8 Å². The molecule has 1 N–H and O–H groups in total. The lowest BCUT2D eigenvalue weighted by Gasteiger charge is -2.34. The average Bonchev–Trinajstić information content (AvgIpc) is 2.43. The number of hydrogen-bond donors (Lipinski definition) is 1. The molecule has 1 aliphatic heterocycles. The lowest BCUT2D eigenvalue weighted by atomic mass is 9.94. The van der Waals surface area contributed by atoms with Crippen molar-refractivity contribution >= 4 is 0 Å². The van der Waals surface area contributed by atoms with Crippen molar-refractivity contribution in [3.63, 3.8) is 0 Å². The number of hydrogen-bond acceptors (Lipinski definition) is 4. The number of methoxy groups -OCH3 is 2. The number of fused-ring (bicyclic) bond motifs is 1. The fourth-order valence-electron chi connectivity index (χ4n) is 2.76. The van der Waals surface area contributed by atoms with E-state index in [4.69, 9.17) is 9.47 Å². The van der Waals surface area contributed by atoms with Crippen molar-refractivity contribution < 1.29 is 14.6 Å². The van der Waals surface area contributed by atoms with Crippen molar-refractivity contribution in [2.75, 3.05) is 27.3 Å². The molecule has 1 heterocycles. The SMILES string of the molecule is COc1ccc(OC)c2c1CN(CCC(C)C)CC2O. The van der Waals surface area contributed by atoms with Gasteiger partial charge in [0.05, 0.1) is 20.3 Å². The van der Waals surface area contributed by atoms with E-state index in [-0.39, 0.29) is 0 Å². The van der Waals surface area contributed by atoms with Gasteiger partial charge in [-0.05, 0) is 31.0 Å². The summed E-state index contributed by atoms with van der Waals surface area (Å²) in [4.78, 5) is 2.29. The number of benzene rings is 1. The molecule has 0 saturated heterocycles. The van der Waals surface area contributed by atoms with Crippen LogP contribution >= 0.6 is 0 Å². The Morgan fingerprint density at radius 1 is 1.25 bits per heavy atom. The van der Waals surface area contributed by atoms with Crippen molar-refractivity contribution in [1.82, 2.24) is 4.90 Å². The second kappa shape index (κ2) is 6.46. The Bertz CT molecular complexity index is 459. The third-order valence-corrected chi connectivity index (χ3v) is 3.88. The van der Waals surface area contributed by atoms with Crippen LogP contribution in [0.15, 0.2) is 12.1 Å². The van der Waals surface area contributed by atoms with Crippen LogP contribution in [0.1, 0.15) is 37.5 Å². The highest BCUT2D eigenvalue weighted by molar-refractivity contribution is 5.51. The van der Waals surface area contributed by atoms with Crippen molar-refractivity contribution in [3.05, 3.63) is 23.3 Å². The zero-order chi connectivity index (χ0) is 14.7. The molecule has 0 bridgehead atoms. The van der Waals surface area contributed by atoms with E-state index in [2.05, 4.69) is 18.7 Å². The highest BCUT2D eigenvalue weighted by Gasteiger charge is 2.29. The van der Waals surface area contributed by atoms with Crippen LogP contribution in [0.5, 0.6) is 11.5 Å². The number of aliphatic hydroxyl groups excluding tert-OH is 1. The standard InChI is InChI=1S/C16H25NO3/c1-11(2)7-8-17-9-12-14(19-3)5-6-15(20-4)16(12)13(18)10-17/h5-6,11,13,18H,7-10H2,1-4H3. The van der Waals surface area contributed by atoms with E-state index in [0.29, 0.717) is 12.5 Å². The molecule has 112 valence electrons. The molecule has 20 heavy (non-hydrogen) atoms. The van der Waals surface area contributed by atoms with E-state index in [9.17, 15) is 5.11 Å². The fourth-order valence-corrected chi connectivity index (χ4v) is 2.76. The summed E-state index contributed by atoms with van der Waals surface area (Å²) in [5.41, 5.74) is 1.93. The van der Waals surface area contributed by atoms with E-state index >= 15 is 0 Å². The molecule has 4 heteroatoms. The summed E-state index contributed by atoms with van der Waals surface area (Å²) >= 11 is 0. The Morgan fingerprint density at radius 2 is 1.90 bits per heavy atom. The van der Waals surface area contributed by atoms with Crippen molar-refractivity contribution in [3.8, 4) is 11.5 Å². The summed E-state index contributed by atoms with van der Waals surface area (Å²) in [5.74, 6) is 2.24. The van der Waals surface area contributed by atoms with E-state index in [0.717, 1.165) is 42.1 Å². The third kappa shape index (κ3) is 3.07. The summed E-state index contributed by atoms with van der Waals surface area (Å²) in [6.07, 6.45) is 0.616. The van der Waals surface area contributed by atoms with E-state index in [1.54, 1.807) is 14.2 Å². The average molecular weight is 279 g/mol. The van der Waals surface area contributed by atoms with Gasteiger partial charge in [-0.3, -0.25) is 4.90 Å². The van der Waals surface area contributed by atoms with E-state index < -0.39 is 6.10 Å². The van der Waals surface area contributed by atoms with Gasteiger partial charge in [-0.25, -0.2) is 0 Å². The van der Waals surface area contributed by atoms with Gasteiger partial charge in [0.1, 0.15) is 11.5 Å². The lowest BCUT2D eigenvalue weighted by Crippen LogP contribution is -2.35. The number of rotatable bonds is 5. The van der Waals surface area contributed by atoms with Gasteiger partial charge in [0, 0.05) is 24.2 Å². The summed E-state index contributed by atoms with van der Waals surface area (Å²) in [7, 11) is 3.31. The molecule has 0 aromatic heterocycles. The van der Waals surface area contributed by atoms with Crippen molar-refractivity contribution in [2.45, 2.75) is 32.9 Å². The maximum absolute atomic E-state index is 10.5. The molecule has 1 aromatic rings. The molecular weight excluding hydrogens is 254 g/mol. The Kier molecular flexibility index (Phi) is 4.89. The Morgan fingerprint density at radius 3 is 2.50 bits per heavy atom. The zero-order valence-corrected chi connectivity index (χ0v) is 12.8. The predicted octanol–water partition coefficient (Wildman–Crippen LogP) is 2.60. The maximum Gasteiger partial charge on any atom is 0.125 e. The van der Waals surface area contributed by atoms with Crippen LogP contribution in [0.4, 0.5) is 0 Å². The molecule has 1 aromatic carbocycles. The lowest BCUT2D eigenvalue weighted by molar-refractivity contribution is 0.0857. The highest BCUT2D eigenvalue weighted by Crippen LogP contribution is 2.39. The first-order valence-corrected chi connectivity index (χ1v) is 7.21. The van der Waals surface area contributed by atoms with Crippen LogP contribution in [0.25, 0.3) is 0 Å². The minimum atomic E-state index is -0.518. The minimum Gasteiger partial charge on any atom is -0.496 e. The van der Waals surface area contributed by atoms with Crippen LogP contribution in [0, 0.1) is 5.92 Å². The Hall–Kier alpha value is -1.26. The number of aliphatic hydroxyl groups is 1. The van der Waals surface area contributed by atoms with Gasteiger partial charge in [0.2, 0.25) is 0 Å². The van der Waals surface area contributed by atoms with Gasteiger partial charge >= 0.3 is 0 Å². The molecule has 0 saturated carbocycles. The quantitative estimate of drug-likeness (QED) is 0.899. The molecule has 1 aliphatic rings. The predicted molar refractivity (Wildman–Crippen MR) is 79.2 cm³/mol. The second-order valence-electron chi connectivity index (χ2n) is 5.80. The Labute approximate surface area is 121 Å². The largest absolute Gasteiger partial charge is 0.496 e. The van der Waals surface area contributed by atoms with Gasteiger partial charge < -0.3 is 14.6 Å². The molecular formula is C16H25NO3. The van der Waals surface area contributed by atoms with Gasteiger partial charge in [-0.2, -0.15) is 0 Å². The van der Waals surface area contributed by atoms with Crippen LogP contribution in [-0.2, 0) is 6.54 Å². The second-order valence-corrected chi connectivity index (χ2v) is 5.80. The zero-order valence-electron chi connectivity index (χ0n) is 12.8. The molecule has 1 atom stereocenters. The minimum absolute atomic E-state index is 0.518. The molecule has 2 rings (SSSR count). The van der Waals surface area contributed by atoms with Crippen LogP contribution in [0.3, 0.4) is 0 Å². The van der Waals surface area contributed by atoms with Gasteiger partial charge in [0.15, 0.2) is 0 Å². The molecule has 0 aliphatic carbocycles. The summed E-state index contributed by atoms with van der Waals surface area (Å²) in [5, 5.41) is 10.5. The normalized spacial score (nSPS) is 19.0. The fraction of sp³-hybridized carbons (Fsp3) is 0.625. The van der Waals surface area contributed by atoms with Gasteiger partial charge in [0.25, 0.3) is 0 Å². The molecule has 0 amide bonds. The molecule has 1 unspecified atom stereocenters. The first-order valence-electron chi connectivity index (χ1n) is 7.21. The first kappa shape index (κ1) is 15.1. The van der Waals surface area contributed by atoms with Crippen molar-refractivity contribution in [2.24, 2.45) is 5.92 Å². The maximum atomic E-state index is 10.5. The molecule has 0 spiro atoms. The Balaban J connectivity index is 2.28. The number of β-amino-alcohol motifs (C(OH)–C–C–N with tert-alkyl or cyclic N) is 1. The molecule has 4 nitrogen and oxygen atoms in total. The highest BCUT2D eigenvalue weighted by atomic mass is 16.5. The van der Waals surface area contributed by atoms with Crippen molar-refractivity contribution in [1.29, 1.82) is 0 Å².